The van der Waals surface area contributed by atoms with Crippen LogP contribution in [0.3, 0.4) is 0 Å². The van der Waals surface area contributed by atoms with E-state index in [9.17, 15) is 14.4 Å². The van der Waals surface area contributed by atoms with E-state index >= 15 is 0 Å². The second kappa shape index (κ2) is 8.40. The molecule has 0 aromatic heterocycles. The fourth-order valence-electron chi connectivity index (χ4n) is 2.71. The number of anilines is 1. The van der Waals surface area contributed by atoms with Crippen LogP contribution in [0.1, 0.15) is 20.3 Å². The van der Waals surface area contributed by atoms with Gasteiger partial charge in [0.2, 0.25) is 0 Å². The minimum Gasteiger partial charge on any atom is -0.454 e. The van der Waals surface area contributed by atoms with Crippen LogP contribution < -0.4 is 20.8 Å². The lowest BCUT2D eigenvalue weighted by Crippen LogP contribution is -2.50. The number of ether oxygens (including phenoxy) is 1. The smallest absolute Gasteiger partial charge is 0.344 e. The maximum Gasteiger partial charge on any atom is 0.344 e. The van der Waals surface area contributed by atoms with Crippen LogP contribution in [-0.4, -0.2) is 34.9 Å². The number of halogens is 1. The summed E-state index contributed by atoms with van der Waals surface area (Å²) in [5, 5.41) is 6.68. The van der Waals surface area contributed by atoms with E-state index < -0.39 is 23.4 Å². The third-order valence-corrected chi connectivity index (χ3v) is 4.90. The molecule has 1 heterocycles. The van der Waals surface area contributed by atoms with Crippen molar-refractivity contribution in [2.45, 2.75) is 25.8 Å². The van der Waals surface area contributed by atoms with Crippen LogP contribution in [0.4, 0.5) is 10.5 Å². The molecule has 1 fully saturated rings. The Hall–Kier alpha value is -3.26. The van der Waals surface area contributed by atoms with Gasteiger partial charge in [0.05, 0.1) is 17.3 Å². The lowest BCUT2D eigenvalue weighted by atomic mass is 10.00. The number of hydrogen-bond donors (Lipinski definition) is 3. The summed E-state index contributed by atoms with van der Waals surface area (Å²) in [4.78, 5) is 36.6. The molecule has 0 spiro atoms. The summed E-state index contributed by atoms with van der Waals surface area (Å²) >= 11 is 6.13. The summed E-state index contributed by atoms with van der Waals surface area (Å²) in [6, 6.07) is 13.4. The highest BCUT2D eigenvalue weighted by molar-refractivity contribution is 6.32. The van der Waals surface area contributed by atoms with Gasteiger partial charge in [0.15, 0.2) is 5.75 Å². The van der Waals surface area contributed by atoms with Crippen LogP contribution in [0.25, 0.3) is 0 Å². The summed E-state index contributed by atoms with van der Waals surface area (Å²) in [6.07, 6.45) is 0.412. The molecule has 1 saturated heterocycles. The van der Waals surface area contributed by atoms with Gasteiger partial charge in [-0.3, -0.25) is 15.0 Å². The van der Waals surface area contributed by atoms with Crippen LogP contribution in [0.2, 0.25) is 5.02 Å². The Bertz CT molecular complexity index is 952. The summed E-state index contributed by atoms with van der Waals surface area (Å²) in [6.45, 7) is 3.21. The van der Waals surface area contributed by atoms with Crippen molar-refractivity contribution in [3.8, 4) is 11.5 Å². The molecule has 0 bridgehead atoms. The molecule has 8 nitrogen and oxygen atoms in total. The summed E-state index contributed by atoms with van der Waals surface area (Å²) < 4.78 is 5.83. The number of para-hydroxylation sites is 3. The number of urea groups is 1. The van der Waals surface area contributed by atoms with Crippen molar-refractivity contribution in [3.05, 3.63) is 53.6 Å². The quantitative estimate of drug-likeness (QED) is 0.601. The van der Waals surface area contributed by atoms with E-state index in [0.717, 1.165) is 0 Å². The van der Waals surface area contributed by atoms with Gasteiger partial charge in [0, 0.05) is 0 Å². The average Bonchev–Trinajstić information content (AvgIpc) is 2.92. The predicted molar refractivity (Wildman–Crippen MR) is 109 cm³/mol. The van der Waals surface area contributed by atoms with Crippen LogP contribution >= 0.6 is 11.6 Å². The summed E-state index contributed by atoms with van der Waals surface area (Å²) in [7, 11) is 0. The number of carbonyl (C=O) groups excluding carboxylic acids is 3. The Kier molecular flexibility index (Phi) is 5.93. The van der Waals surface area contributed by atoms with Crippen molar-refractivity contribution in [1.29, 1.82) is 0 Å². The minimum atomic E-state index is -1.02. The van der Waals surface area contributed by atoms with Gasteiger partial charge in [-0.2, -0.15) is 5.01 Å². The molecule has 0 radical (unpaired) electrons. The third kappa shape index (κ3) is 4.43. The van der Waals surface area contributed by atoms with Crippen molar-refractivity contribution in [2.75, 3.05) is 11.9 Å². The number of hydrogen-bond acceptors (Lipinski definition) is 5. The number of nitrogens with one attached hydrogen (secondary N) is 3. The number of rotatable bonds is 7. The summed E-state index contributed by atoms with van der Waals surface area (Å²) in [5.74, 6) is -0.102. The van der Waals surface area contributed by atoms with Gasteiger partial charge in [-0.05, 0) is 37.6 Å². The van der Waals surface area contributed by atoms with Crippen LogP contribution in [0.5, 0.6) is 11.5 Å². The Morgan fingerprint density at radius 1 is 1.14 bits per heavy atom. The zero-order chi connectivity index (χ0) is 21.0. The molecular formula is C20H21ClN4O4. The van der Waals surface area contributed by atoms with E-state index in [4.69, 9.17) is 16.3 Å². The molecule has 1 aliphatic rings. The van der Waals surface area contributed by atoms with E-state index in [0.29, 0.717) is 33.6 Å². The second-order valence-electron chi connectivity index (χ2n) is 6.67. The van der Waals surface area contributed by atoms with Crippen molar-refractivity contribution in [2.24, 2.45) is 0 Å². The molecule has 3 rings (SSSR count). The highest BCUT2D eigenvalue weighted by Crippen LogP contribution is 2.33. The van der Waals surface area contributed by atoms with Gasteiger partial charge in [-0.15, -0.1) is 0 Å². The predicted octanol–water partition coefficient (Wildman–Crippen LogP) is 3.30. The first-order chi connectivity index (χ1) is 13.8. The zero-order valence-corrected chi connectivity index (χ0v) is 16.7. The Balaban J connectivity index is 1.63. The fraction of sp³-hybridized carbons (Fsp3) is 0.250. The number of imide groups is 1. The molecule has 9 heteroatoms. The Morgan fingerprint density at radius 3 is 2.45 bits per heavy atom. The second-order valence-corrected chi connectivity index (χ2v) is 7.08. The largest absolute Gasteiger partial charge is 0.454 e. The van der Waals surface area contributed by atoms with E-state index in [2.05, 4.69) is 16.1 Å². The standard InChI is InChI=1S/C20H21ClN4O4/c1-3-20(2)18(27)25(19(28)23-20)24-17(26)12-22-14-9-5-7-11-16(14)29-15-10-6-4-8-13(15)21/h4-11,22H,3,12H2,1-2H3,(H,23,28)(H,24,26). The van der Waals surface area contributed by atoms with Crippen LogP contribution in [0.15, 0.2) is 48.5 Å². The highest BCUT2D eigenvalue weighted by Gasteiger charge is 2.47. The topological polar surface area (TPSA) is 99.8 Å². The maximum absolute atomic E-state index is 12.3. The molecule has 4 amide bonds. The number of benzene rings is 2. The number of hydrazine groups is 1. The van der Waals surface area contributed by atoms with Crippen molar-refractivity contribution in [3.63, 3.8) is 0 Å². The van der Waals surface area contributed by atoms with Gasteiger partial charge < -0.3 is 15.4 Å². The third-order valence-electron chi connectivity index (χ3n) is 4.59. The molecule has 29 heavy (non-hydrogen) atoms. The lowest BCUT2D eigenvalue weighted by Gasteiger charge is -2.19. The van der Waals surface area contributed by atoms with Crippen molar-refractivity contribution in [1.82, 2.24) is 15.8 Å². The maximum atomic E-state index is 12.3. The van der Waals surface area contributed by atoms with Gasteiger partial charge >= 0.3 is 6.03 Å². The molecule has 0 aliphatic carbocycles. The summed E-state index contributed by atoms with van der Waals surface area (Å²) in [5.41, 5.74) is 1.86. The first-order valence-electron chi connectivity index (χ1n) is 9.05. The van der Waals surface area contributed by atoms with E-state index in [1.807, 2.05) is 0 Å². The van der Waals surface area contributed by atoms with Gasteiger partial charge in [0.25, 0.3) is 11.8 Å². The normalized spacial score (nSPS) is 18.4. The molecule has 0 saturated carbocycles. The molecule has 1 atom stereocenters. The highest BCUT2D eigenvalue weighted by atomic mass is 35.5. The number of amides is 4. The molecule has 152 valence electrons. The molecule has 2 aromatic carbocycles. The molecule has 1 unspecified atom stereocenters. The lowest BCUT2D eigenvalue weighted by molar-refractivity contribution is -0.138. The number of carbonyl (C=O) groups is 3. The first kappa shape index (κ1) is 20.5. The first-order valence-corrected chi connectivity index (χ1v) is 9.43. The SMILES string of the molecule is CCC1(C)NC(=O)N(NC(=O)CNc2ccccc2Oc2ccccc2Cl)C1=O. The molecule has 3 N–H and O–H groups in total. The Morgan fingerprint density at radius 2 is 1.79 bits per heavy atom. The van der Waals surface area contributed by atoms with E-state index in [1.54, 1.807) is 62.4 Å². The minimum absolute atomic E-state index is 0.178. The van der Waals surface area contributed by atoms with Gasteiger partial charge in [-0.1, -0.05) is 42.8 Å². The Labute approximate surface area is 173 Å². The average molecular weight is 417 g/mol. The van der Waals surface area contributed by atoms with Crippen LogP contribution in [0, 0.1) is 0 Å². The van der Waals surface area contributed by atoms with E-state index in [-0.39, 0.29) is 6.54 Å². The monoisotopic (exact) mass is 416 g/mol. The van der Waals surface area contributed by atoms with Crippen molar-refractivity contribution < 1.29 is 19.1 Å². The van der Waals surface area contributed by atoms with Crippen molar-refractivity contribution >= 4 is 35.1 Å². The molecular weight excluding hydrogens is 396 g/mol. The number of nitrogens with zero attached hydrogens (tertiary/aromatic N) is 1. The van der Waals surface area contributed by atoms with E-state index in [1.165, 1.54) is 0 Å². The van der Waals surface area contributed by atoms with Gasteiger partial charge in [-0.25, -0.2) is 4.79 Å². The fourth-order valence-corrected chi connectivity index (χ4v) is 2.89. The molecule has 1 aliphatic heterocycles. The zero-order valence-electron chi connectivity index (χ0n) is 16.0. The molecule has 2 aromatic rings. The van der Waals surface area contributed by atoms with Gasteiger partial charge in [0.1, 0.15) is 11.3 Å². The van der Waals surface area contributed by atoms with Crippen LogP contribution in [-0.2, 0) is 9.59 Å².